The van der Waals surface area contributed by atoms with Crippen molar-refractivity contribution in [3.63, 3.8) is 0 Å². The number of ether oxygens (including phenoxy) is 2. The molecule has 0 spiro atoms. The van der Waals surface area contributed by atoms with Gasteiger partial charge in [-0.2, -0.15) is 0 Å². The molecule has 25 heavy (non-hydrogen) atoms. The van der Waals surface area contributed by atoms with Gasteiger partial charge in [-0.3, -0.25) is 4.79 Å². The Kier molecular flexibility index (Phi) is 8.41. The first-order valence-corrected chi connectivity index (χ1v) is 8.66. The van der Waals surface area contributed by atoms with E-state index in [1.54, 1.807) is 25.7 Å². The van der Waals surface area contributed by atoms with E-state index in [9.17, 15) is 9.59 Å². The highest BCUT2D eigenvalue weighted by molar-refractivity contribution is 5.85. The molecule has 140 valence electrons. The van der Waals surface area contributed by atoms with Crippen LogP contribution in [0.3, 0.4) is 0 Å². The van der Waals surface area contributed by atoms with Crippen LogP contribution >= 0.6 is 0 Å². The summed E-state index contributed by atoms with van der Waals surface area (Å²) >= 11 is 0. The molecule has 0 saturated carbocycles. The van der Waals surface area contributed by atoms with Gasteiger partial charge in [-0.1, -0.05) is 30.3 Å². The molecule has 0 saturated heterocycles. The van der Waals surface area contributed by atoms with Gasteiger partial charge < -0.3 is 19.7 Å². The largest absolute Gasteiger partial charge is 0.444 e. The minimum Gasteiger partial charge on any atom is -0.444 e. The molecule has 6 heteroatoms. The van der Waals surface area contributed by atoms with Crippen LogP contribution < -0.4 is 5.32 Å². The molecule has 6 nitrogen and oxygen atoms in total. The number of nitrogens with one attached hydrogen (secondary N) is 1. The summed E-state index contributed by atoms with van der Waals surface area (Å²) in [5.74, 6) is -0.177. The fraction of sp³-hybridized carbons (Fsp3) is 0.579. The first kappa shape index (κ1) is 21.0. The lowest BCUT2D eigenvalue weighted by atomic mass is 10.2. The van der Waals surface area contributed by atoms with E-state index in [2.05, 4.69) is 5.32 Å². The summed E-state index contributed by atoms with van der Waals surface area (Å²) in [7, 11) is 0. The lowest BCUT2D eigenvalue weighted by Gasteiger charge is -2.27. The monoisotopic (exact) mass is 350 g/mol. The lowest BCUT2D eigenvalue weighted by molar-refractivity contribution is -0.134. The molecule has 1 N–H and O–H groups in total. The fourth-order valence-electron chi connectivity index (χ4n) is 2.25. The SMILES string of the molecule is CCN(CC)C(=O)[C@@H](COCc1ccccc1)NC(=O)OC(C)(C)C. The third kappa shape index (κ3) is 8.03. The molecule has 0 heterocycles. The molecule has 1 aromatic carbocycles. The number of amides is 2. The molecule has 0 unspecified atom stereocenters. The van der Waals surface area contributed by atoms with Gasteiger partial charge >= 0.3 is 6.09 Å². The van der Waals surface area contributed by atoms with Crippen LogP contribution in [0.5, 0.6) is 0 Å². The predicted molar refractivity (Wildman–Crippen MR) is 97.2 cm³/mol. The number of rotatable bonds is 8. The van der Waals surface area contributed by atoms with Gasteiger partial charge in [0.1, 0.15) is 11.6 Å². The lowest BCUT2D eigenvalue weighted by Crippen LogP contribution is -2.51. The number of carbonyl (C=O) groups excluding carboxylic acids is 2. The Labute approximate surface area is 150 Å². The highest BCUT2D eigenvalue weighted by Gasteiger charge is 2.27. The summed E-state index contributed by atoms with van der Waals surface area (Å²) in [4.78, 5) is 26.3. The van der Waals surface area contributed by atoms with Crippen molar-refractivity contribution >= 4 is 12.0 Å². The molecule has 2 amide bonds. The summed E-state index contributed by atoms with van der Waals surface area (Å²) in [5, 5.41) is 2.63. The zero-order chi connectivity index (χ0) is 18.9. The van der Waals surface area contributed by atoms with Crippen molar-refractivity contribution in [3.8, 4) is 0 Å². The second-order valence-corrected chi connectivity index (χ2v) is 6.71. The number of nitrogens with zero attached hydrogens (tertiary/aromatic N) is 1. The van der Waals surface area contributed by atoms with Gasteiger partial charge in [0.15, 0.2) is 0 Å². The second kappa shape index (κ2) is 10.0. The molecule has 1 aromatic rings. The van der Waals surface area contributed by atoms with E-state index >= 15 is 0 Å². The van der Waals surface area contributed by atoms with Crippen LogP contribution in [0, 0.1) is 0 Å². The van der Waals surface area contributed by atoms with Crippen LogP contribution in [-0.4, -0.2) is 48.2 Å². The maximum Gasteiger partial charge on any atom is 0.408 e. The number of hydrogen-bond donors (Lipinski definition) is 1. The van der Waals surface area contributed by atoms with Crippen molar-refractivity contribution in [2.45, 2.75) is 52.9 Å². The number of likely N-dealkylation sites (N-methyl/N-ethyl adjacent to an activating group) is 1. The first-order valence-electron chi connectivity index (χ1n) is 8.66. The van der Waals surface area contributed by atoms with Crippen molar-refractivity contribution in [3.05, 3.63) is 35.9 Å². The molecule has 0 aliphatic rings. The normalized spacial score (nSPS) is 12.4. The molecule has 0 fully saturated rings. The van der Waals surface area contributed by atoms with Crippen molar-refractivity contribution in [1.29, 1.82) is 0 Å². The number of alkyl carbamates (subject to hydrolysis) is 1. The third-order valence-corrected chi connectivity index (χ3v) is 3.46. The Morgan fingerprint density at radius 2 is 1.72 bits per heavy atom. The van der Waals surface area contributed by atoms with Crippen LogP contribution in [0.25, 0.3) is 0 Å². The Bertz CT molecular complexity index is 536. The van der Waals surface area contributed by atoms with Crippen molar-refractivity contribution in [2.24, 2.45) is 0 Å². The molecule has 0 aromatic heterocycles. The Balaban J connectivity index is 2.69. The van der Waals surface area contributed by atoms with Crippen LogP contribution in [0.15, 0.2) is 30.3 Å². The van der Waals surface area contributed by atoms with Gasteiger partial charge in [0.05, 0.1) is 13.2 Å². The summed E-state index contributed by atoms with van der Waals surface area (Å²) in [6.07, 6.45) is -0.624. The maximum absolute atomic E-state index is 12.6. The Morgan fingerprint density at radius 1 is 1.12 bits per heavy atom. The Hall–Kier alpha value is -2.08. The van der Waals surface area contributed by atoms with Gasteiger partial charge in [-0.05, 0) is 40.2 Å². The van der Waals surface area contributed by atoms with Crippen LogP contribution in [0.4, 0.5) is 4.79 Å². The third-order valence-electron chi connectivity index (χ3n) is 3.46. The van der Waals surface area contributed by atoms with Gasteiger partial charge in [-0.25, -0.2) is 4.79 Å². The second-order valence-electron chi connectivity index (χ2n) is 6.71. The standard InChI is InChI=1S/C19H30N2O4/c1-6-21(7-2)17(22)16(20-18(23)25-19(3,4)5)14-24-13-15-11-9-8-10-12-15/h8-12,16H,6-7,13-14H2,1-5H3,(H,20,23)/t16-/m1/s1. The zero-order valence-electron chi connectivity index (χ0n) is 15.9. The van der Waals surface area contributed by atoms with E-state index in [1.807, 2.05) is 44.2 Å². The van der Waals surface area contributed by atoms with E-state index < -0.39 is 17.7 Å². The highest BCUT2D eigenvalue weighted by Crippen LogP contribution is 2.08. The van der Waals surface area contributed by atoms with E-state index in [0.29, 0.717) is 19.7 Å². The van der Waals surface area contributed by atoms with Crippen molar-refractivity contribution < 1.29 is 19.1 Å². The molecule has 1 atom stereocenters. The quantitative estimate of drug-likeness (QED) is 0.783. The van der Waals surface area contributed by atoms with Crippen molar-refractivity contribution in [2.75, 3.05) is 19.7 Å². The van der Waals surface area contributed by atoms with Gasteiger partial charge in [0.2, 0.25) is 5.91 Å². The van der Waals surface area contributed by atoms with Gasteiger partial charge in [-0.15, -0.1) is 0 Å². The fourth-order valence-corrected chi connectivity index (χ4v) is 2.25. The molecule has 0 radical (unpaired) electrons. The Morgan fingerprint density at radius 3 is 2.24 bits per heavy atom. The van der Waals surface area contributed by atoms with E-state index in [1.165, 1.54) is 0 Å². The van der Waals surface area contributed by atoms with E-state index in [4.69, 9.17) is 9.47 Å². The average molecular weight is 350 g/mol. The maximum atomic E-state index is 12.6. The summed E-state index contributed by atoms with van der Waals surface area (Å²) < 4.78 is 10.9. The predicted octanol–water partition coefficient (Wildman–Crippen LogP) is 2.96. The molecule has 0 aliphatic heterocycles. The molecule has 0 bridgehead atoms. The number of carbonyl (C=O) groups is 2. The van der Waals surface area contributed by atoms with Crippen LogP contribution in [0.2, 0.25) is 0 Å². The smallest absolute Gasteiger partial charge is 0.408 e. The van der Waals surface area contributed by atoms with Gasteiger partial charge in [0.25, 0.3) is 0 Å². The minimum atomic E-state index is -0.779. The molecule has 0 aliphatic carbocycles. The van der Waals surface area contributed by atoms with Gasteiger partial charge in [0, 0.05) is 13.1 Å². The number of benzene rings is 1. The zero-order valence-corrected chi connectivity index (χ0v) is 15.9. The van der Waals surface area contributed by atoms with Crippen molar-refractivity contribution in [1.82, 2.24) is 10.2 Å². The molecule has 1 rings (SSSR count). The van der Waals surface area contributed by atoms with Crippen LogP contribution in [-0.2, 0) is 20.9 Å². The van der Waals surface area contributed by atoms with Crippen LogP contribution in [0.1, 0.15) is 40.2 Å². The van der Waals surface area contributed by atoms with E-state index in [0.717, 1.165) is 5.56 Å². The van der Waals surface area contributed by atoms with E-state index in [-0.39, 0.29) is 12.5 Å². The summed E-state index contributed by atoms with van der Waals surface area (Å²) in [5.41, 5.74) is 0.381. The summed E-state index contributed by atoms with van der Waals surface area (Å²) in [6, 6.07) is 8.90. The average Bonchev–Trinajstić information content (AvgIpc) is 2.54. The number of hydrogen-bond acceptors (Lipinski definition) is 4. The molecular formula is C19H30N2O4. The highest BCUT2D eigenvalue weighted by atomic mass is 16.6. The summed E-state index contributed by atoms with van der Waals surface area (Å²) in [6.45, 7) is 10.7. The topological polar surface area (TPSA) is 67.9 Å². The minimum absolute atomic E-state index is 0.0868. The molecular weight excluding hydrogens is 320 g/mol. The first-order chi connectivity index (χ1) is 11.8.